The molecule has 0 amide bonds. The minimum absolute atomic E-state index is 0.103. The normalized spacial score (nSPS) is 13.9. The van der Waals surface area contributed by atoms with Crippen LogP contribution in [0.4, 0.5) is 64.1 Å². The second-order valence-corrected chi connectivity index (χ2v) is 13.0. The Morgan fingerprint density at radius 3 is 0.947 bits per heavy atom. The first-order valence-electron chi connectivity index (χ1n) is 16.5. The number of nitrogens with two attached hydrogens (primary N) is 2. The van der Waals surface area contributed by atoms with Crippen LogP contribution in [0.3, 0.4) is 0 Å². The Morgan fingerprint density at radius 1 is 0.386 bits per heavy atom. The predicted octanol–water partition coefficient (Wildman–Crippen LogP) is 12.9. The molecule has 0 saturated heterocycles. The van der Waals surface area contributed by atoms with E-state index in [1.54, 1.807) is 0 Å². The van der Waals surface area contributed by atoms with Crippen LogP contribution in [0.2, 0.25) is 0 Å². The number of hydrogen-bond acceptors (Lipinski definition) is 4. The number of fused-ring (bicyclic) bond motifs is 3. The van der Waals surface area contributed by atoms with E-state index in [9.17, 15) is 0 Å². The van der Waals surface area contributed by atoms with Crippen molar-refractivity contribution in [1.82, 2.24) is 0 Å². The molecule has 4 N–H and O–H groups in total. The molecule has 0 saturated carbocycles. The molecule has 0 bridgehead atoms. The predicted molar refractivity (Wildman–Crippen MR) is 186 cm³/mol. The molecule has 1 aliphatic rings. The van der Waals surface area contributed by atoms with Gasteiger partial charge in [-0.1, -0.05) is 48.5 Å². The molecule has 0 aliphatic heterocycles. The second kappa shape index (κ2) is 13.4. The van der Waals surface area contributed by atoms with Crippen LogP contribution in [-0.4, -0.2) is 0 Å². The summed E-state index contributed by atoms with van der Waals surface area (Å²) in [6.45, 7) is 0. The first kappa shape index (κ1) is 38.9. The van der Waals surface area contributed by atoms with Gasteiger partial charge in [0.15, 0.2) is 11.5 Å². The number of halogens is 12. The maximum atomic E-state index is 15.1. The zero-order chi connectivity index (χ0) is 41.3. The summed E-state index contributed by atoms with van der Waals surface area (Å²) in [7, 11) is 0. The van der Waals surface area contributed by atoms with E-state index in [-0.39, 0.29) is 57.9 Å². The van der Waals surface area contributed by atoms with Gasteiger partial charge in [-0.25, -0.2) is 0 Å². The van der Waals surface area contributed by atoms with Crippen molar-refractivity contribution < 1.29 is 62.2 Å². The van der Waals surface area contributed by atoms with Gasteiger partial charge in [0.2, 0.25) is 0 Å². The van der Waals surface area contributed by atoms with Crippen LogP contribution < -0.4 is 20.9 Å². The molecule has 0 heterocycles. The van der Waals surface area contributed by atoms with Crippen molar-refractivity contribution in [2.45, 2.75) is 30.1 Å². The van der Waals surface area contributed by atoms with Gasteiger partial charge in [-0.2, -0.15) is 52.7 Å². The zero-order valence-electron chi connectivity index (χ0n) is 28.6. The van der Waals surface area contributed by atoms with Crippen LogP contribution >= 0.6 is 0 Å². The molecule has 57 heavy (non-hydrogen) atoms. The lowest BCUT2D eigenvalue weighted by Crippen LogP contribution is -2.31. The van der Waals surface area contributed by atoms with Crippen molar-refractivity contribution in [2.24, 2.45) is 0 Å². The molecule has 16 heteroatoms. The lowest BCUT2D eigenvalue weighted by atomic mass is 9.66. The van der Waals surface area contributed by atoms with Gasteiger partial charge in [-0.3, -0.25) is 0 Å². The van der Waals surface area contributed by atoms with Crippen LogP contribution in [0.1, 0.15) is 44.5 Å². The Labute approximate surface area is 314 Å². The van der Waals surface area contributed by atoms with E-state index in [1.807, 2.05) is 0 Å². The van der Waals surface area contributed by atoms with E-state index in [1.165, 1.54) is 48.5 Å². The second-order valence-electron chi connectivity index (χ2n) is 13.0. The highest BCUT2D eigenvalue weighted by Gasteiger charge is 2.53. The summed E-state index contributed by atoms with van der Waals surface area (Å²) >= 11 is 0. The molecule has 6 aromatic rings. The van der Waals surface area contributed by atoms with Crippen LogP contribution in [-0.2, 0) is 30.1 Å². The Bertz CT molecular complexity index is 2240. The Balaban J connectivity index is 1.64. The molecule has 1 aliphatic carbocycles. The van der Waals surface area contributed by atoms with Crippen molar-refractivity contribution in [3.8, 4) is 34.1 Å². The molecule has 0 atom stereocenters. The summed E-state index contributed by atoms with van der Waals surface area (Å²) in [6, 6.07) is 20.4. The van der Waals surface area contributed by atoms with E-state index in [2.05, 4.69) is 0 Å². The van der Waals surface area contributed by atoms with Crippen molar-refractivity contribution in [3.63, 3.8) is 0 Å². The van der Waals surface area contributed by atoms with Crippen molar-refractivity contribution >= 4 is 11.4 Å². The van der Waals surface area contributed by atoms with Gasteiger partial charge < -0.3 is 20.9 Å². The third kappa shape index (κ3) is 6.93. The number of anilines is 2. The fourth-order valence-electron chi connectivity index (χ4n) is 7.08. The summed E-state index contributed by atoms with van der Waals surface area (Å²) in [4.78, 5) is 0. The molecule has 6 aromatic carbocycles. The number of alkyl halides is 12. The summed E-state index contributed by atoms with van der Waals surface area (Å²) in [5, 5.41) is 0. The molecular weight excluding hydrogens is 780 g/mol. The van der Waals surface area contributed by atoms with Gasteiger partial charge in [0.1, 0.15) is 11.5 Å². The first-order chi connectivity index (χ1) is 26.6. The molecule has 0 fully saturated rings. The molecule has 294 valence electrons. The molecule has 0 spiro atoms. The molecule has 4 nitrogen and oxygen atoms in total. The zero-order valence-corrected chi connectivity index (χ0v) is 28.6. The molecule has 0 unspecified atom stereocenters. The number of benzene rings is 6. The van der Waals surface area contributed by atoms with Crippen LogP contribution in [0.25, 0.3) is 11.1 Å². The van der Waals surface area contributed by atoms with E-state index in [0.29, 0.717) is 0 Å². The maximum absolute atomic E-state index is 15.1. The minimum Gasteiger partial charge on any atom is -0.456 e. The van der Waals surface area contributed by atoms with Crippen LogP contribution in [0.15, 0.2) is 121 Å². The van der Waals surface area contributed by atoms with Crippen LogP contribution in [0.5, 0.6) is 23.0 Å². The minimum atomic E-state index is -5.62. The Kier molecular flexibility index (Phi) is 9.16. The third-order valence-electron chi connectivity index (χ3n) is 9.42. The Morgan fingerprint density at radius 2 is 0.667 bits per heavy atom. The maximum Gasteiger partial charge on any atom is 0.420 e. The lowest BCUT2D eigenvalue weighted by molar-refractivity contribution is -0.146. The average molecular weight is 805 g/mol. The standard InChI is InChI=1S/C41H24F12N2O2/c42-38(43,44)31-17-21(18-32(39(45,46)47)35(31)56-25-13-9-23(54)10-14-25)37(29-7-3-1-5-27(29)28-6-2-4-8-30(28)37)22-19-33(40(48,49)50)36(34(20-22)41(51,52)53)57-26-15-11-24(55)12-16-26/h1-20H,54-55H2. The Hall–Kier alpha value is -6.32. The van der Waals surface area contributed by atoms with Gasteiger partial charge in [-0.15, -0.1) is 0 Å². The topological polar surface area (TPSA) is 70.5 Å². The van der Waals surface area contributed by atoms with Crippen LogP contribution in [0, 0.1) is 0 Å². The van der Waals surface area contributed by atoms with Crippen molar-refractivity contribution in [1.29, 1.82) is 0 Å². The van der Waals surface area contributed by atoms with Gasteiger partial charge in [0.05, 0.1) is 27.7 Å². The molecule has 0 radical (unpaired) electrons. The highest BCUT2D eigenvalue weighted by atomic mass is 19.4. The molecule has 7 rings (SSSR count). The highest BCUT2D eigenvalue weighted by molar-refractivity contribution is 5.87. The first-order valence-corrected chi connectivity index (χ1v) is 16.5. The number of hydrogen-bond donors (Lipinski definition) is 2. The molecule has 0 aromatic heterocycles. The number of ether oxygens (including phenoxy) is 2. The lowest BCUT2D eigenvalue weighted by Gasteiger charge is -2.36. The SMILES string of the molecule is Nc1ccc(Oc2c(C(F)(F)F)cc(C3(c4cc(C(F)(F)F)c(Oc5ccc(N)cc5)c(C(F)(F)F)c4)c4ccccc4-c4ccccc43)cc2C(F)(F)F)cc1. The van der Waals surface area contributed by atoms with Crippen molar-refractivity contribution in [2.75, 3.05) is 11.5 Å². The smallest absolute Gasteiger partial charge is 0.420 e. The molecular formula is C41H24F12N2O2. The largest absolute Gasteiger partial charge is 0.456 e. The fraction of sp³-hybridized carbons (Fsp3) is 0.122. The monoisotopic (exact) mass is 804 g/mol. The number of rotatable bonds is 6. The average Bonchev–Trinajstić information content (AvgIpc) is 3.43. The third-order valence-corrected chi connectivity index (χ3v) is 9.42. The van der Waals surface area contributed by atoms with Gasteiger partial charge >= 0.3 is 24.7 Å². The summed E-state index contributed by atoms with van der Waals surface area (Å²) < 4.78 is 192. The summed E-state index contributed by atoms with van der Waals surface area (Å²) in [5.41, 5.74) is -1.36. The van der Waals surface area contributed by atoms with Gasteiger partial charge in [-0.05, 0) is 106 Å². The quantitative estimate of drug-likeness (QED) is 0.130. The van der Waals surface area contributed by atoms with Gasteiger partial charge in [0, 0.05) is 11.4 Å². The van der Waals surface area contributed by atoms with E-state index in [4.69, 9.17) is 20.9 Å². The summed E-state index contributed by atoms with van der Waals surface area (Å²) in [6.07, 6.45) is -22.5. The van der Waals surface area contributed by atoms with E-state index < -0.39 is 86.5 Å². The summed E-state index contributed by atoms with van der Waals surface area (Å²) in [5.74, 6) is -4.39. The fourth-order valence-corrected chi connectivity index (χ4v) is 7.08. The van der Waals surface area contributed by atoms with Crippen molar-refractivity contribution in [3.05, 3.63) is 166 Å². The highest BCUT2D eigenvalue weighted by Crippen LogP contribution is 2.60. The van der Waals surface area contributed by atoms with Gasteiger partial charge in [0.25, 0.3) is 0 Å². The van der Waals surface area contributed by atoms with E-state index in [0.717, 1.165) is 48.5 Å². The van der Waals surface area contributed by atoms with E-state index >= 15 is 52.7 Å². The number of nitrogen functional groups attached to an aromatic ring is 2.